The van der Waals surface area contributed by atoms with Crippen LogP contribution >= 0.6 is 0 Å². The lowest BCUT2D eigenvalue weighted by atomic mass is 10.0. The number of aliphatic carboxylic acids is 1. The predicted octanol–water partition coefficient (Wildman–Crippen LogP) is -1.06. The molecule has 0 bridgehead atoms. The summed E-state index contributed by atoms with van der Waals surface area (Å²) < 4.78 is 0. The molecule has 0 aromatic carbocycles. The molecule has 0 saturated heterocycles. The van der Waals surface area contributed by atoms with E-state index < -0.39 is 81.2 Å². The van der Waals surface area contributed by atoms with Crippen molar-refractivity contribution < 1.29 is 71.2 Å². The third-order valence-corrected chi connectivity index (χ3v) is 6.68. The van der Waals surface area contributed by atoms with Gasteiger partial charge in [-0.05, 0) is 32.1 Å². The Hall–Kier alpha value is -1.27. The summed E-state index contributed by atoms with van der Waals surface area (Å²) in [6.45, 7) is -0.644. The van der Waals surface area contributed by atoms with Gasteiger partial charge in [0, 0.05) is 6.42 Å². The Bertz CT molecular complexity index is 583. The molecule has 0 aromatic rings. The summed E-state index contributed by atoms with van der Waals surface area (Å²) >= 11 is 0. The smallest absolute Gasteiger partial charge is 0.303 e. The summed E-state index contributed by atoms with van der Waals surface area (Å²) in [5, 5.41) is 113. The van der Waals surface area contributed by atoms with Crippen molar-refractivity contribution >= 4 is 5.97 Å². The van der Waals surface area contributed by atoms with Crippen molar-refractivity contribution in [3.05, 3.63) is 12.2 Å². The minimum Gasteiger partial charge on any atom is -0.481 e. The normalized spacial score (nSPS) is 16.8. The van der Waals surface area contributed by atoms with Crippen LogP contribution in [-0.4, -0.2) is 148 Å². The molecule has 13 N–H and O–H groups in total. The summed E-state index contributed by atoms with van der Waals surface area (Å²) in [6.07, 6.45) is 8.46. The third-order valence-electron chi connectivity index (χ3n) is 6.68. The Kier molecular flexibility index (Phi) is 35.5. The van der Waals surface area contributed by atoms with E-state index in [2.05, 4.69) is 19.1 Å². The second-order valence-corrected chi connectivity index (χ2v) is 10.7. The molecule has 266 valence electrons. The van der Waals surface area contributed by atoms with Crippen LogP contribution in [0.3, 0.4) is 0 Å². The molecule has 14 nitrogen and oxygen atoms in total. The van der Waals surface area contributed by atoms with Crippen molar-refractivity contribution in [1.29, 1.82) is 0 Å². The van der Waals surface area contributed by atoms with E-state index in [1.54, 1.807) is 0 Å². The maximum atomic E-state index is 10.3. The van der Waals surface area contributed by atoms with E-state index in [1.807, 2.05) is 0 Å². The van der Waals surface area contributed by atoms with Crippen molar-refractivity contribution in [2.45, 2.75) is 146 Å². The van der Waals surface area contributed by atoms with Crippen molar-refractivity contribution in [3.63, 3.8) is 0 Å². The molecule has 0 spiro atoms. The number of carbonyl (C=O) groups is 1. The van der Waals surface area contributed by atoms with Crippen molar-refractivity contribution in [1.82, 2.24) is 0 Å². The summed E-state index contributed by atoms with van der Waals surface area (Å²) in [7, 11) is 0. The number of hydrogen-bond acceptors (Lipinski definition) is 13. The molecule has 44 heavy (non-hydrogen) atoms. The molecule has 0 aliphatic rings. The number of aliphatic hydroxyl groups excluding tert-OH is 12. The Morgan fingerprint density at radius 1 is 0.477 bits per heavy atom. The molecule has 0 rings (SSSR count). The van der Waals surface area contributed by atoms with Gasteiger partial charge in [0.1, 0.15) is 48.8 Å². The first-order chi connectivity index (χ1) is 20.9. The van der Waals surface area contributed by atoms with E-state index in [0.717, 1.165) is 12.8 Å². The quantitative estimate of drug-likeness (QED) is 0.0416. The minimum atomic E-state index is -1.67. The molecule has 0 amide bonds. The Morgan fingerprint density at radius 3 is 1.02 bits per heavy atom. The summed E-state index contributed by atoms with van der Waals surface area (Å²) in [5.41, 5.74) is 0. The fourth-order valence-electron chi connectivity index (χ4n) is 3.69. The van der Waals surface area contributed by atoms with Gasteiger partial charge in [0.25, 0.3) is 0 Å². The highest BCUT2D eigenvalue weighted by Crippen LogP contribution is 2.10. The van der Waals surface area contributed by atoms with Gasteiger partial charge >= 0.3 is 5.97 Å². The summed E-state index contributed by atoms with van der Waals surface area (Å²) in [6, 6.07) is 0. The summed E-state index contributed by atoms with van der Waals surface area (Å²) in [4.78, 5) is 10.3. The summed E-state index contributed by atoms with van der Waals surface area (Å²) in [5.74, 6) is -0.664. The first kappa shape index (κ1) is 47.1. The highest BCUT2D eigenvalue weighted by Gasteiger charge is 2.30. The van der Waals surface area contributed by atoms with Crippen molar-refractivity contribution in [2.24, 2.45) is 0 Å². The Labute approximate surface area is 261 Å². The van der Waals surface area contributed by atoms with Gasteiger partial charge in [-0.1, -0.05) is 70.4 Å². The Balaban J connectivity index is -0.000000606. The van der Waals surface area contributed by atoms with Crippen LogP contribution in [0.4, 0.5) is 0 Å². The van der Waals surface area contributed by atoms with Crippen LogP contribution in [0.2, 0.25) is 0 Å². The second-order valence-electron chi connectivity index (χ2n) is 10.7. The first-order valence-corrected chi connectivity index (χ1v) is 15.6. The van der Waals surface area contributed by atoms with Gasteiger partial charge in [-0.3, -0.25) is 4.79 Å². The second kappa shape index (κ2) is 33.1. The third kappa shape index (κ3) is 28.2. The van der Waals surface area contributed by atoms with E-state index in [9.17, 15) is 4.79 Å². The molecule has 14 heteroatoms. The van der Waals surface area contributed by atoms with Crippen molar-refractivity contribution in [3.8, 4) is 0 Å². The number of unbranched alkanes of at least 4 members (excludes halogenated alkanes) is 11. The van der Waals surface area contributed by atoms with Crippen LogP contribution in [0.1, 0.15) is 96.8 Å². The van der Waals surface area contributed by atoms with Gasteiger partial charge in [-0.25, -0.2) is 0 Å². The average molecular weight is 647 g/mol. The van der Waals surface area contributed by atoms with Gasteiger partial charge in [0.15, 0.2) is 0 Å². The maximum absolute atomic E-state index is 10.3. The molecule has 0 aromatic heterocycles. The van der Waals surface area contributed by atoms with E-state index >= 15 is 0 Å². The lowest BCUT2D eigenvalue weighted by Gasteiger charge is -2.24. The van der Waals surface area contributed by atoms with E-state index in [-0.39, 0.29) is 0 Å². The van der Waals surface area contributed by atoms with Crippen LogP contribution in [0.25, 0.3) is 0 Å². The number of hydrogen-bond donors (Lipinski definition) is 13. The number of aliphatic hydroxyl groups is 12. The van der Waals surface area contributed by atoms with Gasteiger partial charge < -0.3 is 66.4 Å². The van der Waals surface area contributed by atoms with E-state index in [1.165, 1.54) is 70.6 Å². The standard InChI is InChI=1S/C18H34O2.2C6H14O6/c1-2-3-4-5-6-7-8-9-10-11-12-13-14-15-16-17-18(19)20;2*7-1-3(9)5(11)6(12)4(10)2-8/h9-10H,2-8,11-17H2,1H3,(H,19,20);2*3-12H,1-2H2/b10-9-;;. The molecule has 0 aliphatic carbocycles. The lowest BCUT2D eigenvalue weighted by Crippen LogP contribution is -2.46. The maximum Gasteiger partial charge on any atom is 0.303 e. The first-order valence-electron chi connectivity index (χ1n) is 15.6. The zero-order valence-electron chi connectivity index (χ0n) is 26.2. The number of carboxylic acid groups (broad SMARTS) is 1. The van der Waals surface area contributed by atoms with Gasteiger partial charge in [0.05, 0.1) is 26.4 Å². The van der Waals surface area contributed by atoms with Gasteiger partial charge in [-0.15, -0.1) is 0 Å². The highest BCUT2D eigenvalue weighted by atomic mass is 16.4. The highest BCUT2D eigenvalue weighted by molar-refractivity contribution is 5.66. The fourth-order valence-corrected chi connectivity index (χ4v) is 3.69. The molecular weight excluding hydrogens is 584 g/mol. The zero-order valence-corrected chi connectivity index (χ0v) is 26.2. The van der Waals surface area contributed by atoms with Crippen LogP contribution in [-0.2, 0) is 4.79 Å². The Morgan fingerprint density at radius 2 is 0.750 bits per heavy atom. The molecule has 8 unspecified atom stereocenters. The molecule has 8 atom stereocenters. The van der Waals surface area contributed by atoms with Crippen LogP contribution < -0.4 is 0 Å². The zero-order chi connectivity index (χ0) is 34.3. The molecule has 0 saturated carbocycles. The predicted molar refractivity (Wildman–Crippen MR) is 163 cm³/mol. The van der Waals surface area contributed by atoms with Crippen LogP contribution in [0.15, 0.2) is 12.2 Å². The average Bonchev–Trinajstić information content (AvgIpc) is 3.03. The minimum absolute atomic E-state index is 0.332. The van der Waals surface area contributed by atoms with Crippen molar-refractivity contribution in [2.75, 3.05) is 26.4 Å². The number of carboxylic acids is 1. The molecule has 0 fully saturated rings. The van der Waals surface area contributed by atoms with Gasteiger partial charge in [-0.2, -0.15) is 0 Å². The number of rotatable bonds is 25. The van der Waals surface area contributed by atoms with E-state index in [0.29, 0.717) is 6.42 Å². The largest absolute Gasteiger partial charge is 0.481 e. The molecule has 0 radical (unpaired) electrons. The molecular formula is C30H62O14. The fraction of sp³-hybridized carbons (Fsp3) is 0.900. The molecule has 0 heterocycles. The molecule has 0 aliphatic heterocycles. The topological polar surface area (TPSA) is 280 Å². The van der Waals surface area contributed by atoms with Crippen LogP contribution in [0, 0.1) is 0 Å². The lowest BCUT2D eigenvalue weighted by molar-refractivity contribution is -0.137. The van der Waals surface area contributed by atoms with Crippen LogP contribution in [0.5, 0.6) is 0 Å². The number of allylic oxidation sites excluding steroid dienone is 2. The SMILES string of the molecule is CCCCCCCC/C=C\CCCCCCCC(=O)O.OCC(O)C(O)C(O)C(O)CO.OCC(O)C(O)C(O)C(O)CO. The monoisotopic (exact) mass is 646 g/mol. The van der Waals surface area contributed by atoms with Gasteiger partial charge in [0.2, 0.25) is 0 Å². The van der Waals surface area contributed by atoms with E-state index in [4.69, 9.17) is 66.4 Å².